The lowest BCUT2D eigenvalue weighted by Crippen LogP contribution is -2.40. The molecule has 0 bridgehead atoms. The van der Waals surface area contributed by atoms with Crippen molar-refractivity contribution < 1.29 is 9.59 Å². The minimum absolute atomic E-state index is 0.00368. The van der Waals surface area contributed by atoms with E-state index < -0.39 is 0 Å². The molecule has 3 N–H and O–H groups in total. The van der Waals surface area contributed by atoms with Crippen molar-refractivity contribution >= 4 is 17.5 Å². The van der Waals surface area contributed by atoms with Crippen molar-refractivity contribution in [3.63, 3.8) is 0 Å². The molecule has 144 valence electrons. The predicted molar refractivity (Wildman–Crippen MR) is 110 cm³/mol. The Morgan fingerprint density at radius 2 is 1.59 bits per heavy atom. The van der Waals surface area contributed by atoms with Crippen LogP contribution in [0.2, 0.25) is 0 Å². The quantitative estimate of drug-likeness (QED) is 0.695. The Balaban J connectivity index is 1.87. The van der Waals surface area contributed by atoms with Crippen molar-refractivity contribution in [2.75, 3.05) is 11.9 Å². The first kappa shape index (κ1) is 20.5. The van der Waals surface area contributed by atoms with E-state index in [0.29, 0.717) is 5.56 Å². The maximum Gasteiger partial charge on any atom is 0.251 e. The fraction of sp³-hybridized carbons (Fsp3) is 0.364. The summed E-state index contributed by atoms with van der Waals surface area (Å²) in [5.74, 6) is -0.180. The van der Waals surface area contributed by atoms with E-state index in [1.165, 1.54) is 0 Å². The summed E-state index contributed by atoms with van der Waals surface area (Å²) in [6.45, 7) is 8.05. The molecule has 5 nitrogen and oxygen atoms in total. The second-order valence-electron chi connectivity index (χ2n) is 7.57. The first-order valence-corrected chi connectivity index (χ1v) is 9.29. The van der Waals surface area contributed by atoms with E-state index in [2.05, 4.69) is 16.0 Å². The number of amides is 2. The van der Waals surface area contributed by atoms with Gasteiger partial charge in [0.25, 0.3) is 5.91 Å². The molecular formula is C22H29N3O2. The van der Waals surface area contributed by atoms with E-state index in [1.54, 1.807) is 24.3 Å². The van der Waals surface area contributed by atoms with E-state index in [4.69, 9.17) is 0 Å². The Kier molecular flexibility index (Phi) is 6.99. The van der Waals surface area contributed by atoms with E-state index in [-0.39, 0.29) is 29.9 Å². The normalized spacial score (nSPS) is 12.1. The van der Waals surface area contributed by atoms with Crippen LogP contribution in [0.4, 0.5) is 5.69 Å². The van der Waals surface area contributed by atoms with Crippen molar-refractivity contribution in [1.82, 2.24) is 10.6 Å². The zero-order chi connectivity index (χ0) is 19.9. The Labute approximate surface area is 161 Å². The molecule has 0 aliphatic rings. The number of nitrogens with one attached hydrogen (secondary N) is 3. The largest absolute Gasteiger partial charge is 0.376 e. The van der Waals surface area contributed by atoms with Gasteiger partial charge in [0.1, 0.15) is 0 Å². The minimum atomic E-state index is -0.277. The fourth-order valence-corrected chi connectivity index (χ4v) is 2.69. The zero-order valence-electron chi connectivity index (χ0n) is 16.5. The van der Waals surface area contributed by atoms with Crippen LogP contribution in [0.3, 0.4) is 0 Å². The predicted octanol–water partition coefficient (Wildman–Crippen LogP) is 3.89. The van der Waals surface area contributed by atoms with Gasteiger partial charge in [0.05, 0.1) is 12.6 Å². The van der Waals surface area contributed by atoms with Crippen LogP contribution in [0.15, 0.2) is 54.6 Å². The third-order valence-corrected chi connectivity index (χ3v) is 4.03. The third kappa shape index (κ3) is 6.77. The summed E-state index contributed by atoms with van der Waals surface area (Å²) in [6.07, 6.45) is 0.827. The Hall–Kier alpha value is -2.82. The summed E-state index contributed by atoms with van der Waals surface area (Å²) in [5.41, 5.74) is 2.21. The van der Waals surface area contributed by atoms with Gasteiger partial charge in [-0.3, -0.25) is 9.59 Å². The third-order valence-electron chi connectivity index (χ3n) is 4.03. The summed E-state index contributed by atoms with van der Waals surface area (Å²) in [6, 6.07) is 17.1. The molecule has 0 aliphatic carbocycles. The van der Waals surface area contributed by atoms with Gasteiger partial charge < -0.3 is 16.0 Å². The number of benzene rings is 2. The van der Waals surface area contributed by atoms with Crippen molar-refractivity contribution in [1.29, 1.82) is 0 Å². The number of anilines is 1. The van der Waals surface area contributed by atoms with Gasteiger partial charge in [-0.15, -0.1) is 0 Å². The molecule has 2 aromatic carbocycles. The molecule has 1 unspecified atom stereocenters. The standard InChI is InChI=1S/C22H29N3O2/c1-5-19(16-9-7-6-8-10-16)24-20(26)15-23-18-13-11-17(12-14-18)21(27)25-22(2,3)4/h6-14,19,23H,5,15H2,1-4H3,(H,24,26)(H,25,27). The summed E-state index contributed by atoms with van der Waals surface area (Å²) >= 11 is 0. The first-order chi connectivity index (χ1) is 12.8. The molecule has 0 aromatic heterocycles. The molecule has 0 radical (unpaired) electrons. The van der Waals surface area contributed by atoms with E-state index in [9.17, 15) is 9.59 Å². The van der Waals surface area contributed by atoms with Crippen molar-refractivity contribution in [2.24, 2.45) is 0 Å². The topological polar surface area (TPSA) is 70.2 Å². The van der Waals surface area contributed by atoms with Crippen LogP contribution in [0.5, 0.6) is 0 Å². The van der Waals surface area contributed by atoms with E-state index in [1.807, 2.05) is 58.0 Å². The molecule has 0 spiro atoms. The SMILES string of the molecule is CCC(NC(=O)CNc1ccc(C(=O)NC(C)(C)C)cc1)c1ccccc1. The number of carbonyl (C=O) groups excluding carboxylic acids is 2. The Morgan fingerprint density at radius 1 is 0.963 bits per heavy atom. The molecule has 2 aromatic rings. The van der Waals surface area contributed by atoms with Crippen molar-refractivity contribution in [2.45, 2.75) is 45.7 Å². The van der Waals surface area contributed by atoms with Gasteiger partial charge in [-0.05, 0) is 57.0 Å². The van der Waals surface area contributed by atoms with Crippen LogP contribution in [0.1, 0.15) is 56.1 Å². The van der Waals surface area contributed by atoms with Crippen LogP contribution in [0, 0.1) is 0 Å². The van der Waals surface area contributed by atoms with Crippen LogP contribution >= 0.6 is 0 Å². The molecule has 0 aliphatic heterocycles. The minimum Gasteiger partial charge on any atom is -0.376 e. The Morgan fingerprint density at radius 3 is 2.15 bits per heavy atom. The van der Waals surface area contributed by atoms with Gasteiger partial charge in [0, 0.05) is 16.8 Å². The Bertz CT molecular complexity index is 749. The highest BCUT2D eigenvalue weighted by Crippen LogP contribution is 2.16. The number of hydrogen-bond acceptors (Lipinski definition) is 3. The van der Waals surface area contributed by atoms with Crippen LogP contribution in [-0.2, 0) is 4.79 Å². The van der Waals surface area contributed by atoms with Gasteiger partial charge in [-0.2, -0.15) is 0 Å². The first-order valence-electron chi connectivity index (χ1n) is 9.29. The summed E-state index contributed by atoms with van der Waals surface area (Å²) < 4.78 is 0. The average molecular weight is 367 g/mol. The fourth-order valence-electron chi connectivity index (χ4n) is 2.69. The smallest absolute Gasteiger partial charge is 0.251 e. The van der Waals surface area contributed by atoms with Crippen LogP contribution < -0.4 is 16.0 Å². The molecule has 0 saturated heterocycles. The van der Waals surface area contributed by atoms with Gasteiger partial charge >= 0.3 is 0 Å². The highest BCUT2D eigenvalue weighted by molar-refractivity contribution is 5.95. The molecule has 5 heteroatoms. The molecule has 2 amide bonds. The van der Waals surface area contributed by atoms with E-state index >= 15 is 0 Å². The van der Waals surface area contributed by atoms with Crippen LogP contribution in [0.25, 0.3) is 0 Å². The molecule has 0 heterocycles. The number of hydrogen-bond donors (Lipinski definition) is 3. The molecule has 27 heavy (non-hydrogen) atoms. The molecule has 2 rings (SSSR count). The lowest BCUT2D eigenvalue weighted by Gasteiger charge is -2.20. The van der Waals surface area contributed by atoms with Crippen LogP contribution in [-0.4, -0.2) is 23.9 Å². The highest BCUT2D eigenvalue weighted by atomic mass is 16.2. The molecular weight excluding hydrogens is 338 g/mol. The van der Waals surface area contributed by atoms with Crippen molar-refractivity contribution in [3.8, 4) is 0 Å². The molecule has 1 atom stereocenters. The maximum absolute atomic E-state index is 12.3. The second kappa shape index (κ2) is 9.21. The number of rotatable bonds is 7. The summed E-state index contributed by atoms with van der Waals surface area (Å²) in [4.78, 5) is 24.4. The zero-order valence-corrected chi connectivity index (χ0v) is 16.5. The molecule has 0 saturated carbocycles. The number of carbonyl (C=O) groups is 2. The van der Waals surface area contributed by atoms with Gasteiger partial charge in [0.2, 0.25) is 5.91 Å². The second-order valence-corrected chi connectivity index (χ2v) is 7.57. The lowest BCUT2D eigenvalue weighted by molar-refractivity contribution is -0.120. The van der Waals surface area contributed by atoms with E-state index in [0.717, 1.165) is 17.7 Å². The monoisotopic (exact) mass is 367 g/mol. The maximum atomic E-state index is 12.3. The van der Waals surface area contributed by atoms with Gasteiger partial charge in [-0.25, -0.2) is 0 Å². The summed E-state index contributed by atoms with van der Waals surface area (Å²) in [7, 11) is 0. The molecule has 0 fully saturated rings. The van der Waals surface area contributed by atoms with Gasteiger partial charge in [-0.1, -0.05) is 37.3 Å². The van der Waals surface area contributed by atoms with Gasteiger partial charge in [0.15, 0.2) is 0 Å². The van der Waals surface area contributed by atoms with Crippen molar-refractivity contribution in [3.05, 3.63) is 65.7 Å². The highest BCUT2D eigenvalue weighted by Gasteiger charge is 2.15. The average Bonchev–Trinajstić information content (AvgIpc) is 2.64. The summed E-state index contributed by atoms with van der Waals surface area (Å²) in [5, 5.41) is 9.06. The lowest BCUT2D eigenvalue weighted by atomic mass is 10.0.